The van der Waals surface area contributed by atoms with Gasteiger partial charge in [0.15, 0.2) is 0 Å². The predicted octanol–water partition coefficient (Wildman–Crippen LogP) is 0.818. The molecule has 6 heteroatoms. The molecule has 3 rings (SSSR count). The third kappa shape index (κ3) is 3.01. The Morgan fingerprint density at radius 1 is 1.32 bits per heavy atom. The molecule has 2 aromatic rings. The molecule has 0 aliphatic heterocycles. The van der Waals surface area contributed by atoms with Crippen molar-refractivity contribution in [3.63, 3.8) is 0 Å². The van der Waals surface area contributed by atoms with Crippen LogP contribution in [0.1, 0.15) is 25.7 Å². The van der Waals surface area contributed by atoms with Crippen molar-refractivity contribution in [1.82, 2.24) is 14.9 Å². The van der Waals surface area contributed by atoms with E-state index in [1.54, 1.807) is 18.2 Å². The number of nitrogens with one attached hydrogen (secondary N) is 1. The van der Waals surface area contributed by atoms with Crippen molar-refractivity contribution < 1.29 is 9.90 Å². The van der Waals surface area contributed by atoms with E-state index < -0.39 is 5.60 Å². The Bertz CT molecular complexity index is 748. The van der Waals surface area contributed by atoms with E-state index in [0.717, 1.165) is 12.8 Å². The van der Waals surface area contributed by atoms with Crippen molar-refractivity contribution in [3.05, 3.63) is 40.8 Å². The molecule has 0 unspecified atom stereocenters. The molecule has 6 nitrogen and oxygen atoms in total. The molecule has 1 aliphatic rings. The third-order valence-electron chi connectivity index (χ3n) is 4.20. The van der Waals surface area contributed by atoms with Gasteiger partial charge in [-0.3, -0.25) is 14.2 Å². The molecule has 0 spiro atoms. The fourth-order valence-corrected chi connectivity index (χ4v) is 2.95. The van der Waals surface area contributed by atoms with Crippen molar-refractivity contribution in [2.45, 2.75) is 37.8 Å². The largest absolute Gasteiger partial charge is 0.388 e. The number of amides is 1. The average Bonchev–Trinajstić information content (AvgIpc) is 2.95. The number of hydrogen-bond acceptors (Lipinski definition) is 4. The summed E-state index contributed by atoms with van der Waals surface area (Å²) in [7, 11) is 0. The summed E-state index contributed by atoms with van der Waals surface area (Å²) in [6, 6.07) is 7.20. The van der Waals surface area contributed by atoms with Crippen LogP contribution in [-0.2, 0) is 11.3 Å². The van der Waals surface area contributed by atoms with E-state index in [-0.39, 0.29) is 24.6 Å². The van der Waals surface area contributed by atoms with E-state index in [9.17, 15) is 14.7 Å². The predicted molar refractivity (Wildman–Crippen MR) is 82.4 cm³/mol. The highest BCUT2D eigenvalue weighted by molar-refractivity contribution is 5.79. The SMILES string of the molecule is O=C(Cn1c(=O)cnc2ccccc21)NCC1(O)CCCC1. The van der Waals surface area contributed by atoms with Gasteiger partial charge >= 0.3 is 0 Å². The van der Waals surface area contributed by atoms with Gasteiger partial charge in [-0.1, -0.05) is 25.0 Å². The Kier molecular flexibility index (Phi) is 3.94. The molecule has 1 heterocycles. The number of aliphatic hydroxyl groups is 1. The van der Waals surface area contributed by atoms with Crippen LogP contribution in [-0.4, -0.2) is 32.7 Å². The average molecular weight is 301 g/mol. The van der Waals surface area contributed by atoms with Crippen LogP contribution in [0.25, 0.3) is 11.0 Å². The maximum absolute atomic E-state index is 12.1. The van der Waals surface area contributed by atoms with Crippen molar-refractivity contribution in [2.75, 3.05) is 6.54 Å². The zero-order valence-corrected chi connectivity index (χ0v) is 12.3. The number of carbonyl (C=O) groups excluding carboxylic acids is 1. The molecule has 0 bridgehead atoms. The molecular weight excluding hydrogens is 282 g/mol. The smallest absolute Gasteiger partial charge is 0.269 e. The van der Waals surface area contributed by atoms with Crippen molar-refractivity contribution in [3.8, 4) is 0 Å². The monoisotopic (exact) mass is 301 g/mol. The maximum atomic E-state index is 12.1. The van der Waals surface area contributed by atoms with Gasteiger partial charge in [-0.25, -0.2) is 4.98 Å². The van der Waals surface area contributed by atoms with Crippen molar-refractivity contribution in [2.24, 2.45) is 0 Å². The Hall–Kier alpha value is -2.21. The molecule has 22 heavy (non-hydrogen) atoms. The number of hydrogen-bond donors (Lipinski definition) is 2. The van der Waals surface area contributed by atoms with Crippen LogP contribution >= 0.6 is 0 Å². The van der Waals surface area contributed by atoms with Gasteiger partial charge in [0.1, 0.15) is 6.54 Å². The van der Waals surface area contributed by atoms with Crippen LogP contribution in [0.4, 0.5) is 0 Å². The highest BCUT2D eigenvalue weighted by atomic mass is 16.3. The van der Waals surface area contributed by atoms with Crippen molar-refractivity contribution >= 4 is 16.9 Å². The summed E-state index contributed by atoms with van der Waals surface area (Å²) in [6.07, 6.45) is 4.62. The normalized spacial score (nSPS) is 16.8. The number of para-hydroxylation sites is 2. The Morgan fingerprint density at radius 2 is 2.05 bits per heavy atom. The number of aromatic nitrogens is 2. The second-order valence-corrected chi connectivity index (χ2v) is 5.88. The third-order valence-corrected chi connectivity index (χ3v) is 4.20. The summed E-state index contributed by atoms with van der Waals surface area (Å²) in [5, 5.41) is 13.0. The molecule has 1 saturated carbocycles. The van der Waals surface area contributed by atoms with E-state index in [1.807, 2.05) is 6.07 Å². The molecule has 1 aliphatic carbocycles. The first-order valence-electron chi connectivity index (χ1n) is 7.51. The lowest BCUT2D eigenvalue weighted by atomic mass is 10.0. The minimum atomic E-state index is -0.791. The number of benzene rings is 1. The van der Waals surface area contributed by atoms with Crippen LogP contribution in [0.15, 0.2) is 35.3 Å². The highest BCUT2D eigenvalue weighted by Gasteiger charge is 2.31. The summed E-state index contributed by atoms with van der Waals surface area (Å²) in [5.74, 6) is -0.279. The number of rotatable bonds is 4. The van der Waals surface area contributed by atoms with Crippen LogP contribution in [0.3, 0.4) is 0 Å². The fourth-order valence-electron chi connectivity index (χ4n) is 2.95. The molecule has 1 fully saturated rings. The molecule has 1 aromatic heterocycles. The second kappa shape index (κ2) is 5.88. The first-order valence-corrected chi connectivity index (χ1v) is 7.51. The number of nitrogens with zero attached hydrogens (tertiary/aromatic N) is 2. The van der Waals surface area contributed by atoms with E-state index >= 15 is 0 Å². The molecule has 116 valence electrons. The lowest BCUT2D eigenvalue weighted by molar-refractivity contribution is -0.122. The molecule has 1 amide bonds. The van der Waals surface area contributed by atoms with Gasteiger partial charge in [0.25, 0.3) is 5.56 Å². The summed E-state index contributed by atoms with van der Waals surface area (Å²) in [5.41, 5.74) is 0.198. The van der Waals surface area contributed by atoms with E-state index in [0.29, 0.717) is 23.9 Å². The summed E-state index contributed by atoms with van der Waals surface area (Å²) >= 11 is 0. The highest BCUT2D eigenvalue weighted by Crippen LogP contribution is 2.28. The van der Waals surface area contributed by atoms with E-state index in [4.69, 9.17) is 0 Å². The Labute approximate surface area is 127 Å². The molecule has 1 aromatic carbocycles. The van der Waals surface area contributed by atoms with Crippen LogP contribution in [0.5, 0.6) is 0 Å². The number of carbonyl (C=O) groups is 1. The van der Waals surface area contributed by atoms with Gasteiger partial charge in [0.2, 0.25) is 5.91 Å². The van der Waals surface area contributed by atoms with Crippen LogP contribution in [0, 0.1) is 0 Å². The summed E-state index contributed by atoms with van der Waals surface area (Å²) < 4.78 is 1.40. The van der Waals surface area contributed by atoms with Gasteiger partial charge in [0, 0.05) is 6.54 Å². The van der Waals surface area contributed by atoms with Gasteiger partial charge in [-0.2, -0.15) is 0 Å². The first kappa shape index (κ1) is 14.7. The van der Waals surface area contributed by atoms with Gasteiger partial charge in [0.05, 0.1) is 22.8 Å². The topological polar surface area (TPSA) is 84.2 Å². The molecular formula is C16H19N3O3. The standard InChI is InChI=1S/C16H19N3O3/c20-14(18-11-16(22)7-3-4-8-16)10-19-13-6-2-1-5-12(13)17-9-15(19)21/h1-2,5-6,9,22H,3-4,7-8,10-11H2,(H,18,20). The minimum absolute atomic E-state index is 0.0715. The Morgan fingerprint density at radius 3 is 2.82 bits per heavy atom. The lowest BCUT2D eigenvalue weighted by Gasteiger charge is -2.22. The second-order valence-electron chi connectivity index (χ2n) is 5.88. The molecule has 2 N–H and O–H groups in total. The Balaban J connectivity index is 1.74. The molecule has 0 saturated heterocycles. The lowest BCUT2D eigenvalue weighted by Crippen LogP contribution is -2.42. The fraction of sp³-hybridized carbons (Fsp3) is 0.438. The van der Waals surface area contributed by atoms with Gasteiger partial charge in [-0.05, 0) is 25.0 Å². The van der Waals surface area contributed by atoms with Gasteiger partial charge in [-0.15, -0.1) is 0 Å². The quantitative estimate of drug-likeness (QED) is 0.875. The van der Waals surface area contributed by atoms with Crippen LogP contribution in [0.2, 0.25) is 0 Å². The molecule has 0 radical (unpaired) electrons. The minimum Gasteiger partial charge on any atom is -0.388 e. The van der Waals surface area contributed by atoms with E-state index in [2.05, 4.69) is 10.3 Å². The van der Waals surface area contributed by atoms with Gasteiger partial charge < -0.3 is 10.4 Å². The zero-order chi connectivity index (χ0) is 15.6. The summed E-state index contributed by atoms with van der Waals surface area (Å²) in [4.78, 5) is 28.1. The maximum Gasteiger partial charge on any atom is 0.269 e. The molecule has 0 atom stereocenters. The zero-order valence-electron chi connectivity index (χ0n) is 12.3. The summed E-state index contributed by atoms with van der Waals surface area (Å²) in [6.45, 7) is 0.168. The van der Waals surface area contributed by atoms with E-state index in [1.165, 1.54) is 10.8 Å². The van der Waals surface area contributed by atoms with Crippen molar-refractivity contribution in [1.29, 1.82) is 0 Å². The first-order chi connectivity index (χ1) is 10.6. The van der Waals surface area contributed by atoms with Crippen LogP contribution < -0.4 is 10.9 Å². The number of fused-ring (bicyclic) bond motifs is 1.